The standard InChI is InChI=1S/C30H30FN5O3S/c1-21-7-9-23(10-8-21)27-17-22(18-29(35-27)33-20-25-5-2-3-15-32-25)19-34-30(37)28-6-4-16-36(28)40(38,39)26-13-11-24(31)12-14-26/h2-3,5,7-15,17-18,28H,4,6,16,19-20H2,1H3,(H,33,35)(H,34,37)/t28-/m0/s1. The molecule has 0 spiro atoms. The maximum Gasteiger partial charge on any atom is 0.243 e. The summed E-state index contributed by atoms with van der Waals surface area (Å²) >= 11 is 0. The fourth-order valence-corrected chi connectivity index (χ4v) is 6.33. The molecule has 5 rings (SSSR count). The monoisotopic (exact) mass is 559 g/mol. The number of aryl methyl sites for hydroxylation is 1. The molecule has 1 aliphatic heterocycles. The predicted octanol–water partition coefficient (Wildman–Crippen LogP) is 4.67. The van der Waals surface area contributed by atoms with Gasteiger partial charge in [0, 0.05) is 24.8 Å². The van der Waals surface area contributed by atoms with Crippen LogP contribution in [0.2, 0.25) is 0 Å². The zero-order valence-corrected chi connectivity index (χ0v) is 22.9. The van der Waals surface area contributed by atoms with Gasteiger partial charge in [0.25, 0.3) is 0 Å². The second kappa shape index (κ2) is 11.9. The summed E-state index contributed by atoms with van der Waals surface area (Å²) in [5.41, 5.74) is 4.50. The number of benzene rings is 2. The van der Waals surface area contributed by atoms with Crippen molar-refractivity contribution in [1.82, 2.24) is 19.6 Å². The topological polar surface area (TPSA) is 104 Å². The van der Waals surface area contributed by atoms with E-state index in [1.807, 2.05) is 61.5 Å². The zero-order valence-electron chi connectivity index (χ0n) is 22.0. The fourth-order valence-electron chi connectivity index (χ4n) is 4.67. The van der Waals surface area contributed by atoms with Gasteiger partial charge in [0.15, 0.2) is 0 Å². The second-order valence-electron chi connectivity index (χ2n) is 9.73. The molecule has 0 bridgehead atoms. The Bertz CT molecular complexity index is 1580. The van der Waals surface area contributed by atoms with E-state index in [4.69, 9.17) is 4.98 Å². The summed E-state index contributed by atoms with van der Waals surface area (Å²) in [7, 11) is -3.94. The molecule has 0 aliphatic carbocycles. The molecular weight excluding hydrogens is 529 g/mol. The molecule has 4 aromatic rings. The first-order chi connectivity index (χ1) is 19.3. The van der Waals surface area contributed by atoms with Crippen LogP contribution in [0.15, 0.2) is 90.0 Å². The minimum Gasteiger partial charge on any atom is -0.364 e. The number of anilines is 1. The van der Waals surface area contributed by atoms with E-state index < -0.39 is 21.9 Å². The van der Waals surface area contributed by atoms with Crippen LogP contribution in [0.25, 0.3) is 11.3 Å². The van der Waals surface area contributed by atoms with Crippen molar-refractivity contribution >= 4 is 21.7 Å². The van der Waals surface area contributed by atoms with Crippen LogP contribution in [-0.2, 0) is 27.9 Å². The van der Waals surface area contributed by atoms with Crippen molar-refractivity contribution in [2.75, 3.05) is 11.9 Å². The fraction of sp³-hybridized carbons (Fsp3) is 0.233. The smallest absolute Gasteiger partial charge is 0.243 e. The van der Waals surface area contributed by atoms with Crippen LogP contribution < -0.4 is 10.6 Å². The van der Waals surface area contributed by atoms with Crippen molar-refractivity contribution in [2.45, 2.75) is 43.8 Å². The van der Waals surface area contributed by atoms with E-state index in [-0.39, 0.29) is 23.9 Å². The number of halogens is 1. The molecule has 2 N–H and O–H groups in total. The molecule has 8 nitrogen and oxygen atoms in total. The number of pyridine rings is 2. The van der Waals surface area contributed by atoms with E-state index in [9.17, 15) is 17.6 Å². The lowest BCUT2D eigenvalue weighted by Gasteiger charge is -2.23. The zero-order chi connectivity index (χ0) is 28.1. The molecule has 1 amide bonds. The van der Waals surface area contributed by atoms with Crippen molar-refractivity contribution in [3.05, 3.63) is 108 Å². The van der Waals surface area contributed by atoms with E-state index >= 15 is 0 Å². The lowest BCUT2D eigenvalue weighted by atomic mass is 10.1. The van der Waals surface area contributed by atoms with Crippen molar-refractivity contribution in [3.8, 4) is 11.3 Å². The van der Waals surface area contributed by atoms with E-state index in [0.717, 1.165) is 40.2 Å². The number of nitrogens with one attached hydrogen (secondary N) is 2. The molecule has 10 heteroatoms. The van der Waals surface area contributed by atoms with Gasteiger partial charge in [0.1, 0.15) is 17.7 Å². The number of aromatic nitrogens is 2. The Labute approximate surface area is 233 Å². The number of hydrogen-bond donors (Lipinski definition) is 2. The second-order valence-corrected chi connectivity index (χ2v) is 11.6. The summed E-state index contributed by atoms with van der Waals surface area (Å²) in [5, 5.41) is 6.23. The van der Waals surface area contributed by atoms with Crippen molar-refractivity contribution in [3.63, 3.8) is 0 Å². The largest absolute Gasteiger partial charge is 0.364 e. The lowest BCUT2D eigenvalue weighted by Crippen LogP contribution is -2.45. The third-order valence-corrected chi connectivity index (χ3v) is 8.72. The lowest BCUT2D eigenvalue weighted by molar-refractivity contribution is -0.124. The Balaban J connectivity index is 1.33. The molecule has 1 aliphatic rings. The van der Waals surface area contributed by atoms with Crippen molar-refractivity contribution in [2.24, 2.45) is 0 Å². The summed E-state index contributed by atoms with van der Waals surface area (Å²) in [4.78, 5) is 22.3. The molecule has 206 valence electrons. The maximum atomic E-state index is 13.4. The highest BCUT2D eigenvalue weighted by molar-refractivity contribution is 7.89. The Morgan fingerprint density at radius 1 is 1.02 bits per heavy atom. The van der Waals surface area contributed by atoms with E-state index in [2.05, 4.69) is 15.6 Å². The number of nitrogens with zero attached hydrogens (tertiary/aromatic N) is 3. The first-order valence-corrected chi connectivity index (χ1v) is 14.5. The molecular formula is C30H30FN5O3S. The molecule has 0 unspecified atom stereocenters. The van der Waals surface area contributed by atoms with Crippen LogP contribution in [0, 0.1) is 12.7 Å². The SMILES string of the molecule is Cc1ccc(-c2cc(CNC(=O)[C@@H]3CCCN3S(=O)(=O)c3ccc(F)cc3)cc(NCc3ccccn3)n2)cc1. The highest BCUT2D eigenvalue weighted by Gasteiger charge is 2.39. The van der Waals surface area contributed by atoms with Gasteiger partial charge in [-0.05, 0) is 73.9 Å². The normalized spacial score (nSPS) is 15.6. The van der Waals surface area contributed by atoms with Crippen LogP contribution in [0.3, 0.4) is 0 Å². The molecule has 1 fully saturated rings. The molecule has 40 heavy (non-hydrogen) atoms. The van der Waals surface area contributed by atoms with Crippen LogP contribution >= 0.6 is 0 Å². The van der Waals surface area contributed by atoms with Gasteiger partial charge in [0.2, 0.25) is 15.9 Å². The average molecular weight is 560 g/mol. The Morgan fingerprint density at radius 2 is 1.80 bits per heavy atom. The van der Waals surface area contributed by atoms with Gasteiger partial charge < -0.3 is 10.6 Å². The van der Waals surface area contributed by atoms with Crippen LogP contribution in [0.5, 0.6) is 0 Å². The third kappa shape index (κ3) is 6.35. The van der Waals surface area contributed by atoms with Gasteiger partial charge in [-0.1, -0.05) is 35.9 Å². The number of hydrogen-bond acceptors (Lipinski definition) is 6. The molecule has 0 saturated carbocycles. The average Bonchev–Trinajstić information content (AvgIpc) is 3.47. The molecule has 1 saturated heterocycles. The van der Waals surface area contributed by atoms with Gasteiger partial charge in [-0.15, -0.1) is 0 Å². The quantitative estimate of drug-likeness (QED) is 0.309. The van der Waals surface area contributed by atoms with Crippen LogP contribution in [0.1, 0.15) is 29.7 Å². The van der Waals surface area contributed by atoms with E-state index in [1.165, 1.54) is 16.4 Å². The molecule has 2 aromatic heterocycles. The van der Waals surface area contributed by atoms with E-state index in [1.54, 1.807) is 6.20 Å². The Morgan fingerprint density at radius 3 is 2.52 bits per heavy atom. The predicted molar refractivity (Wildman–Crippen MR) is 151 cm³/mol. The summed E-state index contributed by atoms with van der Waals surface area (Å²) in [6.45, 7) is 2.92. The number of rotatable bonds is 9. The Hall–Kier alpha value is -4.15. The molecule has 3 heterocycles. The number of amides is 1. The molecule has 0 radical (unpaired) electrons. The first kappa shape index (κ1) is 27.4. The molecule has 1 atom stereocenters. The van der Waals surface area contributed by atoms with Gasteiger partial charge in [-0.3, -0.25) is 9.78 Å². The van der Waals surface area contributed by atoms with E-state index in [0.29, 0.717) is 25.2 Å². The summed E-state index contributed by atoms with van der Waals surface area (Å²) in [6, 6.07) is 21.3. The third-order valence-electron chi connectivity index (χ3n) is 6.80. The first-order valence-electron chi connectivity index (χ1n) is 13.1. The maximum absolute atomic E-state index is 13.4. The van der Waals surface area contributed by atoms with Gasteiger partial charge in [-0.25, -0.2) is 17.8 Å². The summed E-state index contributed by atoms with van der Waals surface area (Å²) in [5.74, 6) is -0.264. The highest BCUT2D eigenvalue weighted by Crippen LogP contribution is 2.27. The number of carbonyl (C=O) groups excluding carboxylic acids is 1. The summed E-state index contributed by atoms with van der Waals surface area (Å²) < 4.78 is 41.0. The number of carbonyl (C=O) groups is 1. The summed E-state index contributed by atoms with van der Waals surface area (Å²) in [6.07, 6.45) is 2.71. The minimum absolute atomic E-state index is 0.0332. The Kier molecular flexibility index (Phi) is 8.18. The van der Waals surface area contributed by atoms with Crippen LogP contribution in [0.4, 0.5) is 10.2 Å². The van der Waals surface area contributed by atoms with Crippen LogP contribution in [-0.4, -0.2) is 41.2 Å². The number of sulfonamides is 1. The van der Waals surface area contributed by atoms with Gasteiger partial charge in [0.05, 0.1) is 22.8 Å². The molecule has 2 aromatic carbocycles. The highest BCUT2D eigenvalue weighted by atomic mass is 32.2. The van der Waals surface area contributed by atoms with Gasteiger partial charge >= 0.3 is 0 Å². The minimum atomic E-state index is -3.94. The van der Waals surface area contributed by atoms with Crippen molar-refractivity contribution < 1.29 is 17.6 Å². The van der Waals surface area contributed by atoms with Gasteiger partial charge in [-0.2, -0.15) is 4.31 Å². The van der Waals surface area contributed by atoms with Crippen molar-refractivity contribution in [1.29, 1.82) is 0 Å².